The lowest BCUT2D eigenvalue weighted by atomic mass is 10.0. The van der Waals surface area contributed by atoms with Gasteiger partial charge in [0.25, 0.3) is 0 Å². The van der Waals surface area contributed by atoms with Crippen molar-refractivity contribution in [1.29, 1.82) is 0 Å². The molecule has 7 nitrogen and oxygen atoms in total. The summed E-state index contributed by atoms with van der Waals surface area (Å²) >= 11 is 0.750. The van der Waals surface area contributed by atoms with Crippen molar-refractivity contribution in [1.82, 2.24) is 5.32 Å². The van der Waals surface area contributed by atoms with Crippen LogP contribution >= 0.6 is 11.3 Å². The Morgan fingerprint density at radius 3 is 2.74 bits per heavy atom. The van der Waals surface area contributed by atoms with E-state index in [9.17, 15) is 16.8 Å². The highest BCUT2D eigenvalue weighted by molar-refractivity contribution is 7.95. The minimum Gasteiger partial charge on any atom is -0.385 e. The molecule has 23 heavy (non-hydrogen) atoms. The molecule has 2 atom stereocenters. The molecule has 0 aromatic carbocycles. The zero-order valence-corrected chi connectivity index (χ0v) is 15.6. The van der Waals surface area contributed by atoms with Crippen LogP contribution in [0.5, 0.6) is 0 Å². The number of nitrogens with two attached hydrogens (primary N) is 1. The van der Waals surface area contributed by atoms with Crippen molar-refractivity contribution in [2.45, 2.75) is 45.9 Å². The van der Waals surface area contributed by atoms with Crippen LogP contribution in [0.1, 0.15) is 37.8 Å². The van der Waals surface area contributed by atoms with E-state index in [2.05, 4.69) is 5.32 Å². The third-order valence-corrected chi connectivity index (χ3v) is 9.25. The fourth-order valence-electron chi connectivity index (χ4n) is 2.81. The maximum absolute atomic E-state index is 12.8. The number of hydrogen-bond donors (Lipinski definition) is 2. The van der Waals surface area contributed by atoms with Crippen LogP contribution in [0.3, 0.4) is 0 Å². The van der Waals surface area contributed by atoms with Gasteiger partial charge in [-0.2, -0.15) is 0 Å². The average Bonchev–Trinajstić information content (AvgIpc) is 2.90. The van der Waals surface area contributed by atoms with Crippen molar-refractivity contribution in [3.05, 3.63) is 11.6 Å². The normalized spacial score (nSPS) is 23.6. The van der Waals surface area contributed by atoms with Crippen molar-refractivity contribution in [3.63, 3.8) is 0 Å². The number of fused-ring (bicyclic) bond motifs is 1. The van der Waals surface area contributed by atoms with E-state index in [4.69, 9.17) is 9.88 Å². The number of sulfone groups is 1. The molecule has 3 N–H and O–H groups in total. The SMILES string of the molecule is CCN[C@H]1C[C@H](CCCOC)S(=O)(=O)c2sc(S(N)(=O)=O)cc21. The molecule has 2 heterocycles. The summed E-state index contributed by atoms with van der Waals surface area (Å²) in [4.78, 5) is 0. The van der Waals surface area contributed by atoms with E-state index in [1.54, 1.807) is 7.11 Å². The number of rotatable bonds is 7. The first-order valence-electron chi connectivity index (χ1n) is 7.34. The van der Waals surface area contributed by atoms with Crippen molar-refractivity contribution < 1.29 is 21.6 Å². The van der Waals surface area contributed by atoms with E-state index in [1.165, 1.54) is 6.07 Å². The van der Waals surface area contributed by atoms with Crippen molar-refractivity contribution in [2.24, 2.45) is 5.14 Å². The molecule has 1 aliphatic heterocycles. The van der Waals surface area contributed by atoms with E-state index in [1.807, 2.05) is 6.92 Å². The van der Waals surface area contributed by atoms with Crippen LogP contribution in [0, 0.1) is 0 Å². The van der Waals surface area contributed by atoms with Gasteiger partial charge in [0.15, 0.2) is 9.84 Å². The van der Waals surface area contributed by atoms with E-state index in [0.29, 0.717) is 38.0 Å². The minimum atomic E-state index is -3.92. The van der Waals surface area contributed by atoms with E-state index < -0.39 is 25.1 Å². The number of nitrogens with one attached hydrogen (secondary N) is 1. The number of methoxy groups -OCH3 is 1. The van der Waals surface area contributed by atoms with Gasteiger partial charge in [-0.05, 0) is 31.9 Å². The minimum absolute atomic E-state index is 0.105. The first kappa shape index (κ1) is 18.8. The molecule has 0 fully saturated rings. The molecule has 0 bridgehead atoms. The molecule has 10 heteroatoms. The Morgan fingerprint density at radius 1 is 1.48 bits per heavy atom. The van der Waals surface area contributed by atoms with Crippen LogP contribution in [0.2, 0.25) is 0 Å². The average molecular weight is 383 g/mol. The molecule has 0 unspecified atom stereocenters. The van der Waals surface area contributed by atoms with Gasteiger partial charge in [-0.15, -0.1) is 11.3 Å². The standard InChI is InChI=1S/C13H22N2O5S3/c1-3-15-11-7-9(5-4-6-20-2)22(16,17)13-10(11)8-12(21-13)23(14,18)19/h8-9,11,15H,3-7H2,1-2H3,(H2,14,18,19)/t9-,11-/m0/s1. The van der Waals surface area contributed by atoms with Gasteiger partial charge in [-0.1, -0.05) is 6.92 Å². The Kier molecular flexibility index (Phi) is 5.85. The van der Waals surface area contributed by atoms with Gasteiger partial charge >= 0.3 is 0 Å². The van der Waals surface area contributed by atoms with Crippen LogP contribution < -0.4 is 10.5 Å². The quantitative estimate of drug-likeness (QED) is 0.680. The summed E-state index contributed by atoms with van der Waals surface area (Å²) in [6.07, 6.45) is 1.55. The lowest BCUT2D eigenvalue weighted by Gasteiger charge is -2.29. The molecule has 0 radical (unpaired) electrons. The van der Waals surface area contributed by atoms with Gasteiger partial charge in [-0.3, -0.25) is 0 Å². The van der Waals surface area contributed by atoms with E-state index >= 15 is 0 Å². The number of thiophene rings is 1. The molecule has 0 saturated heterocycles. The predicted octanol–water partition coefficient (Wildman–Crippen LogP) is 1.02. The van der Waals surface area contributed by atoms with Gasteiger partial charge < -0.3 is 10.1 Å². The zero-order valence-electron chi connectivity index (χ0n) is 13.1. The smallest absolute Gasteiger partial charge is 0.247 e. The number of sulfonamides is 1. The Hall–Kier alpha value is -0.520. The summed E-state index contributed by atoms with van der Waals surface area (Å²) in [7, 11) is -5.89. The zero-order chi connectivity index (χ0) is 17.3. The monoisotopic (exact) mass is 382 g/mol. The first-order chi connectivity index (χ1) is 10.7. The molecule has 132 valence electrons. The van der Waals surface area contributed by atoms with Crippen molar-refractivity contribution >= 4 is 31.2 Å². The second-order valence-electron chi connectivity index (χ2n) is 5.50. The second-order valence-corrected chi connectivity index (χ2v) is 10.8. The van der Waals surface area contributed by atoms with Crippen LogP contribution in [-0.2, 0) is 24.6 Å². The Bertz CT molecular complexity index is 755. The topological polar surface area (TPSA) is 116 Å². The van der Waals surface area contributed by atoms with Crippen molar-refractivity contribution in [2.75, 3.05) is 20.3 Å². The highest BCUT2D eigenvalue weighted by Crippen LogP contribution is 2.43. The predicted molar refractivity (Wildman–Crippen MR) is 88.8 cm³/mol. The maximum Gasteiger partial charge on any atom is 0.247 e. The Morgan fingerprint density at radius 2 is 2.17 bits per heavy atom. The summed E-state index contributed by atoms with van der Waals surface area (Å²) in [5, 5.41) is 7.86. The van der Waals surface area contributed by atoms with Crippen LogP contribution in [0.4, 0.5) is 0 Å². The molecule has 2 rings (SSSR count). The molecule has 1 aromatic heterocycles. The maximum atomic E-state index is 12.8. The third-order valence-electron chi connectivity index (χ3n) is 3.88. The van der Waals surface area contributed by atoms with Crippen LogP contribution in [-0.4, -0.2) is 42.3 Å². The van der Waals surface area contributed by atoms with Crippen LogP contribution in [0.15, 0.2) is 14.5 Å². The molecular weight excluding hydrogens is 360 g/mol. The summed E-state index contributed by atoms with van der Waals surface area (Å²) in [5.74, 6) is 0. The highest BCUT2D eigenvalue weighted by Gasteiger charge is 2.41. The Balaban J connectivity index is 2.44. The van der Waals surface area contributed by atoms with Gasteiger partial charge in [0.05, 0.1) is 5.25 Å². The summed E-state index contributed by atoms with van der Waals surface area (Å²) in [6, 6.07) is 1.21. The van der Waals surface area contributed by atoms with E-state index in [-0.39, 0.29) is 14.5 Å². The molecule has 0 spiro atoms. The fraction of sp³-hybridized carbons (Fsp3) is 0.692. The number of primary sulfonamides is 1. The van der Waals surface area contributed by atoms with E-state index in [0.717, 1.165) is 11.3 Å². The van der Waals surface area contributed by atoms with Crippen molar-refractivity contribution in [3.8, 4) is 0 Å². The lowest BCUT2D eigenvalue weighted by molar-refractivity contribution is 0.191. The summed E-state index contributed by atoms with van der Waals surface area (Å²) < 4.78 is 53.8. The van der Waals surface area contributed by atoms with Gasteiger partial charge in [-0.25, -0.2) is 22.0 Å². The number of ether oxygens (including phenoxy) is 1. The lowest BCUT2D eigenvalue weighted by Crippen LogP contribution is -2.35. The van der Waals surface area contributed by atoms with Gasteiger partial charge in [0.2, 0.25) is 10.0 Å². The highest BCUT2D eigenvalue weighted by atomic mass is 32.3. The summed E-state index contributed by atoms with van der Waals surface area (Å²) in [5.41, 5.74) is 0.517. The molecule has 0 aliphatic carbocycles. The fourth-order valence-corrected chi connectivity index (χ4v) is 7.56. The molecule has 1 aliphatic rings. The Labute approximate surface area is 141 Å². The largest absolute Gasteiger partial charge is 0.385 e. The number of hydrogen-bond acceptors (Lipinski definition) is 7. The first-order valence-corrected chi connectivity index (χ1v) is 11.3. The molecule has 0 amide bonds. The molecule has 1 aromatic rings. The van der Waals surface area contributed by atoms with Gasteiger partial charge in [0.1, 0.15) is 8.42 Å². The second kappa shape index (κ2) is 7.16. The van der Waals surface area contributed by atoms with Gasteiger partial charge in [0, 0.05) is 25.3 Å². The molecule has 0 saturated carbocycles. The third kappa shape index (κ3) is 3.94. The van der Waals surface area contributed by atoms with Crippen LogP contribution in [0.25, 0.3) is 0 Å². The molecular formula is C13H22N2O5S3. The summed E-state index contributed by atoms with van der Waals surface area (Å²) in [6.45, 7) is 3.09.